The molecule has 0 bridgehead atoms. The van der Waals surface area contributed by atoms with Crippen molar-refractivity contribution < 1.29 is 0 Å². The van der Waals surface area contributed by atoms with Crippen molar-refractivity contribution in [3.05, 3.63) is 113 Å². The van der Waals surface area contributed by atoms with Crippen molar-refractivity contribution in [1.29, 1.82) is 0 Å². The minimum Gasteiger partial charge on any atom is -0.397 e. The van der Waals surface area contributed by atoms with Gasteiger partial charge in [0, 0.05) is 31.1 Å². The number of benzene rings is 3. The van der Waals surface area contributed by atoms with Crippen LogP contribution in [-0.2, 0) is 13.0 Å². The van der Waals surface area contributed by atoms with Crippen LogP contribution >= 0.6 is 0 Å². The second kappa shape index (κ2) is 11.0. The molecule has 0 radical (unpaired) electrons. The Hall–Kier alpha value is -3.30. The molecule has 0 aliphatic heterocycles. The first-order valence-corrected chi connectivity index (χ1v) is 13.5. The van der Waals surface area contributed by atoms with E-state index in [2.05, 4.69) is 106 Å². The van der Waals surface area contributed by atoms with Crippen LogP contribution in [0.15, 0.2) is 73.8 Å². The van der Waals surface area contributed by atoms with E-state index in [1.807, 2.05) is 19.2 Å². The van der Waals surface area contributed by atoms with Gasteiger partial charge in [-0.2, -0.15) is 0 Å². The number of aryl methyl sites for hydroxylation is 1. The average molecular weight is 494 g/mol. The van der Waals surface area contributed by atoms with Crippen LogP contribution in [0.3, 0.4) is 0 Å². The Morgan fingerprint density at radius 1 is 1.11 bits per heavy atom. The van der Waals surface area contributed by atoms with Gasteiger partial charge in [0.1, 0.15) is 0 Å². The predicted octanol–water partition coefficient (Wildman–Crippen LogP) is 8.26. The molecule has 1 aliphatic carbocycles. The van der Waals surface area contributed by atoms with Gasteiger partial charge >= 0.3 is 0 Å². The number of hydrogen-bond acceptors (Lipinski definition) is 3. The van der Waals surface area contributed by atoms with Crippen LogP contribution in [0.2, 0.25) is 0 Å². The Labute approximate surface area is 224 Å². The number of hydrogen-bond donors (Lipinski definition) is 2. The third kappa shape index (κ3) is 5.38. The zero-order valence-corrected chi connectivity index (χ0v) is 23.3. The van der Waals surface area contributed by atoms with Crippen LogP contribution in [0.4, 0.5) is 11.4 Å². The maximum absolute atomic E-state index is 6.61. The minimum atomic E-state index is 0.0471. The number of nitrogens with two attached hydrogens (primary N) is 1. The van der Waals surface area contributed by atoms with Crippen LogP contribution in [0.5, 0.6) is 0 Å². The highest BCUT2D eigenvalue weighted by Crippen LogP contribution is 2.44. The zero-order valence-electron chi connectivity index (χ0n) is 23.3. The Morgan fingerprint density at radius 2 is 1.84 bits per heavy atom. The van der Waals surface area contributed by atoms with E-state index in [0.29, 0.717) is 6.04 Å². The molecule has 0 aromatic heterocycles. The number of allylic oxidation sites excluding steroid dienone is 1. The van der Waals surface area contributed by atoms with Gasteiger partial charge < -0.3 is 11.1 Å². The second-order valence-corrected chi connectivity index (χ2v) is 11.3. The number of nitrogens with one attached hydrogen (secondary N) is 1. The van der Waals surface area contributed by atoms with E-state index < -0.39 is 0 Å². The third-order valence-corrected chi connectivity index (χ3v) is 8.01. The average Bonchev–Trinajstić information content (AvgIpc) is 3.30. The van der Waals surface area contributed by atoms with Crippen molar-refractivity contribution in [3.8, 4) is 0 Å². The fraction of sp³-hybridized carbons (Fsp3) is 0.353. The number of anilines is 2. The van der Waals surface area contributed by atoms with E-state index in [-0.39, 0.29) is 11.5 Å². The lowest BCUT2D eigenvalue weighted by Gasteiger charge is -2.41. The molecule has 1 aliphatic rings. The van der Waals surface area contributed by atoms with E-state index in [1.54, 1.807) is 0 Å². The van der Waals surface area contributed by atoms with Crippen molar-refractivity contribution in [1.82, 2.24) is 4.90 Å². The molecular weight excluding hydrogens is 450 g/mol. The molecule has 194 valence electrons. The van der Waals surface area contributed by atoms with Gasteiger partial charge in [0.05, 0.1) is 11.4 Å². The van der Waals surface area contributed by atoms with Crippen LogP contribution in [0.1, 0.15) is 84.5 Å². The summed E-state index contributed by atoms with van der Waals surface area (Å²) < 4.78 is 0. The van der Waals surface area contributed by atoms with E-state index in [4.69, 9.17) is 5.73 Å². The summed E-state index contributed by atoms with van der Waals surface area (Å²) in [6.07, 6.45) is 7.04. The van der Waals surface area contributed by atoms with Crippen LogP contribution in [-0.4, -0.2) is 17.5 Å². The molecule has 3 heteroatoms. The van der Waals surface area contributed by atoms with Gasteiger partial charge in [-0.05, 0) is 92.0 Å². The fourth-order valence-corrected chi connectivity index (χ4v) is 5.99. The van der Waals surface area contributed by atoms with Crippen LogP contribution < -0.4 is 11.1 Å². The Bertz CT molecular complexity index is 1270. The smallest absolute Gasteiger partial charge is 0.0647 e. The first-order chi connectivity index (χ1) is 17.7. The van der Waals surface area contributed by atoms with Gasteiger partial charge in [0.25, 0.3) is 0 Å². The predicted molar refractivity (Wildman–Crippen MR) is 161 cm³/mol. The maximum Gasteiger partial charge on any atom is 0.0647 e. The summed E-state index contributed by atoms with van der Waals surface area (Å²) in [6.45, 7) is 18.2. The summed E-state index contributed by atoms with van der Waals surface area (Å²) in [5.41, 5.74) is 17.4. The molecule has 4 rings (SSSR count). The molecule has 3 nitrogen and oxygen atoms in total. The molecule has 3 aromatic rings. The molecule has 0 fully saturated rings. The van der Waals surface area contributed by atoms with Crippen molar-refractivity contribution >= 4 is 17.5 Å². The molecule has 0 spiro atoms. The molecule has 0 heterocycles. The zero-order chi connectivity index (χ0) is 26.7. The molecule has 37 heavy (non-hydrogen) atoms. The normalized spacial score (nSPS) is 15.9. The SMILES string of the molecule is C=CCC(c1ccc2c(c1)C(N(Cc1ccccc1)C(C)(C)C)CC2)c1cc(C=C)c(NC)c(N)c1C. The fourth-order valence-electron chi connectivity index (χ4n) is 5.99. The molecule has 0 saturated carbocycles. The maximum atomic E-state index is 6.61. The molecule has 0 amide bonds. The van der Waals surface area contributed by atoms with E-state index in [9.17, 15) is 0 Å². The summed E-state index contributed by atoms with van der Waals surface area (Å²) in [4.78, 5) is 2.68. The topological polar surface area (TPSA) is 41.3 Å². The highest BCUT2D eigenvalue weighted by Gasteiger charge is 2.35. The highest BCUT2D eigenvalue weighted by molar-refractivity contribution is 5.81. The molecule has 3 aromatic carbocycles. The van der Waals surface area contributed by atoms with Crippen molar-refractivity contribution in [3.63, 3.8) is 0 Å². The van der Waals surface area contributed by atoms with E-state index in [0.717, 1.165) is 48.3 Å². The monoisotopic (exact) mass is 493 g/mol. The second-order valence-electron chi connectivity index (χ2n) is 11.3. The number of nitrogens with zero attached hydrogens (tertiary/aromatic N) is 1. The number of fused-ring (bicyclic) bond motifs is 1. The van der Waals surface area contributed by atoms with Crippen LogP contribution in [0, 0.1) is 6.92 Å². The standard InChI is InChI=1S/C34H43N3/c1-8-13-28(29-20-25(9-2)33(36-7)32(35)23(29)3)27-17-16-26-18-19-31(30(26)21-27)37(34(4,5)6)22-24-14-11-10-12-15-24/h8-12,14-17,20-21,28,31,36H,1-2,13,18-19,22,35H2,3-7H3. The Balaban J connectivity index is 1.78. The van der Waals surface area contributed by atoms with Crippen molar-refractivity contribution in [2.75, 3.05) is 18.1 Å². The molecule has 2 unspecified atom stereocenters. The minimum absolute atomic E-state index is 0.0471. The number of nitrogen functional groups attached to an aromatic ring is 1. The highest BCUT2D eigenvalue weighted by atomic mass is 15.2. The number of rotatable bonds is 9. The van der Waals surface area contributed by atoms with Gasteiger partial charge in [0.2, 0.25) is 0 Å². The molecule has 3 N–H and O–H groups in total. The summed E-state index contributed by atoms with van der Waals surface area (Å²) in [6, 6.07) is 20.7. The third-order valence-electron chi connectivity index (χ3n) is 8.01. The largest absolute Gasteiger partial charge is 0.397 e. The quantitative estimate of drug-likeness (QED) is 0.233. The molecule has 2 atom stereocenters. The molecule has 0 saturated heterocycles. The summed E-state index contributed by atoms with van der Waals surface area (Å²) in [7, 11) is 1.91. The summed E-state index contributed by atoms with van der Waals surface area (Å²) in [5.74, 6) is 0.188. The van der Waals surface area contributed by atoms with Crippen LogP contribution in [0.25, 0.3) is 6.08 Å². The molecular formula is C34H43N3. The first-order valence-electron chi connectivity index (χ1n) is 13.5. The lowest BCUT2D eigenvalue weighted by atomic mass is 9.82. The lowest BCUT2D eigenvalue weighted by molar-refractivity contribution is 0.0724. The van der Waals surface area contributed by atoms with E-state index >= 15 is 0 Å². The van der Waals surface area contributed by atoms with Gasteiger partial charge in [-0.3, -0.25) is 4.90 Å². The van der Waals surface area contributed by atoms with Gasteiger partial charge in [-0.25, -0.2) is 0 Å². The summed E-state index contributed by atoms with van der Waals surface area (Å²) >= 11 is 0. The van der Waals surface area contributed by atoms with Gasteiger partial charge in [-0.1, -0.05) is 67.3 Å². The van der Waals surface area contributed by atoms with Gasteiger partial charge in [-0.15, -0.1) is 6.58 Å². The Morgan fingerprint density at radius 3 is 2.46 bits per heavy atom. The van der Waals surface area contributed by atoms with Crippen molar-refractivity contribution in [2.45, 2.75) is 71.0 Å². The lowest BCUT2D eigenvalue weighted by Crippen LogP contribution is -2.42. The first kappa shape index (κ1) is 26.8. The summed E-state index contributed by atoms with van der Waals surface area (Å²) in [5, 5.41) is 3.26. The van der Waals surface area contributed by atoms with E-state index in [1.165, 1.54) is 27.8 Å². The van der Waals surface area contributed by atoms with Gasteiger partial charge in [0.15, 0.2) is 0 Å². The Kier molecular flexibility index (Phi) is 7.94. The van der Waals surface area contributed by atoms with Crippen molar-refractivity contribution in [2.24, 2.45) is 0 Å².